The summed E-state index contributed by atoms with van der Waals surface area (Å²) in [5.74, 6) is 0.619. The van der Waals surface area contributed by atoms with Crippen LogP contribution in [0.25, 0.3) is 0 Å². The first-order valence-electron chi connectivity index (χ1n) is 7.17. The third-order valence-corrected chi connectivity index (χ3v) is 3.09. The molecular formula is C17H20N2O2. The lowest BCUT2D eigenvalue weighted by atomic mass is 10.1. The maximum Gasteiger partial charge on any atom is 0.220 e. The Morgan fingerprint density at radius 3 is 2.76 bits per heavy atom. The van der Waals surface area contributed by atoms with Crippen LogP contribution in [0.1, 0.15) is 24.5 Å². The van der Waals surface area contributed by atoms with E-state index in [0.717, 1.165) is 12.0 Å². The van der Waals surface area contributed by atoms with Crippen LogP contribution in [-0.2, 0) is 17.8 Å². The number of nitrogens with zero attached hydrogens (tertiary/aromatic N) is 1. The molecule has 0 radical (unpaired) electrons. The first-order valence-corrected chi connectivity index (χ1v) is 7.17. The van der Waals surface area contributed by atoms with Crippen LogP contribution < -0.4 is 10.1 Å². The van der Waals surface area contributed by atoms with E-state index in [-0.39, 0.29) is 5.91 Å². The highest BCUT2D eigenvalue weighted by Gasteiger charge is 2.06. The number of aryl methyl sites for hydroxylation is 1. The average Bonchev–Trinajstić information content (AvgIpc) is 2.53. The standard InChI is InChI=1S/C17H20N2O2/c1-2-21-17-15(9-6-12-18-17)13-19-16(20)11-10-14-7-4-3-5-8-14/h3-9,12H,2,10-11,13H2,1H3,(H,19,20). The summed E-state index contributed by atoms with van der Waals surface area (Å²) < 4.78 is 5.44. The molecule has 2 rings (SSSR count). The molecule has 1 amide bonds. The van der Waals surface area contributed by atoms with E-state index in [1.54, 1.807) is 6.20 Å². The van der Waals surface area contributed by atoms with Gasteiger partial charge in [0.2, 0.25) is 11.8 Å². The van der Waals surface area contributed by atoms with E-state index in [0.29, 0.717) is 25.5 Å². The zero-order valence-corrected chi connectivity index (χ0v) is 12.2. The minimum atomic E-state index is 0.0326. The molecule has 0 aliphatic rings. The fourth-order valence-electron chi connectivity index (χ4n) is 2.01. The van der Waals surface area contributed by atoms with Crippen LogP contribution in [0.4, 0.5) is 0 Å². The summed E-state index contributed by atoms with van der Waals surface area (Å²) in [4.78, 5) is 16.1. The molecule has 21 heavy (non-hydrogen) atoms. The Bertz CT molecular complexity index is 570. The SMILES string of the molecule is CCOc1ncccc1CNC(=O)CCc1ccccc1. The van der Waals surface area contributed by atoms with Crippen LogP contribution in [0.5, 0.6) is 5.88 Å². The lowest BCUT2D eigenvalue weighted by molar-refractivity contribution is -0.121. The Balaban J connectivity index is 1.81. The summed E-state index contributed by atoms with van der Waals surface area (Å²) in [5, 5.41) is 2.91. The molecule has 1 N–H and O–H groups in total. The number of carbonyl (C=O) groups is 1. The van der Waals surface area contributed by atoms with Gasteiger partial charge in [0.25, 0.3) is 0 Å². The zero-order valence-electron chi connectivity index (χ0n) is 12.2. The molecule has 110 valence electrons. The van der Waals surface area contributed by atoms with Crippen molar-refractivity contribution in [3.8, 4) is 5.88 Å². The highest BCUT2D eigenvalue weighted by atomic mass is 16.5. The van der Waals surface area contributed by atoms with Crippen molar-refractivity contribution >= 4 is 5.91 Å². The van der Waals surface area contributed by atoms with Crippen molar-refractivity contribution in [2.24, 2.45) is 0 Å². The molecule has 0 spiro atoms. The van der Waals surface area contributed by atoms with E-state index in [9.17, 15) is 4.79 Å². The number of amides is 1. The first kappa shape index (κ1) is 15.0. The van der Waals surface area contributed by atoms with Crippen molar-refractivity contribution < 1.29 is 9.53 Å². The van der Waals surface area contributed by atoms with Gasteiger partial charge >= 0.3 is 0 Å². The number of carbonyl (C=O) groups excluding carboxylic acids is 1. The maximum atomic E-state index is 11.9. The molecule has 0 bridgehead atoms. The number of nitrogens with one attached hydrogen (secondary N) is 1. The largest absolute Gasteiger partial charge is 0.478 e. The monoisotopic (exact) mass is 284 g/mol. The van der Waals surface area contributed by atoms with E-state index in [1.807, 2.05) is 49.4 Å². The molecule has 0 aliphatic heterocycles. The minimum absolute atomic E-state index is 0.0326. The van der Waals surface area contributed by atoms with Crippen molar-refractivity contribution in [1.82, 2.24) is 10.3 Å². The van der Waals surface area contributed by atoms with Gasteiger partial charge in [-0.25, -0.2) is 4.98 Å². The highest BCUT2D eigenvalue weighted by Crippen LogP contribution is 2.13. The lowest BCUT2D eigenvalue weighted by Gasteiger charge is -2.09. The third kappa shape index (κ3) is 4.91. The quantitative estimate of drug-likeness (QED) is 0.850. The molecule has 0 saturated heterocycles. The highest BCUT2D eigenvalue weighted by molar-refractivity contribution is 5.76. The van der Waals surface area contributed by atoms with Crippen LogP contribution in [0.2, 0.25) is 0 Å². The summed E-state index contributed by atoms with van der Waals surface area (Å²) in [6.07, 6.45) is 2.91. The van der Waals surface area contributed by atoms with Crippen LogP contribution in [-0.4, -0.2) is 17.5 Å². The number of hydrogen-bond acceptors (Lipinski definition) is 3. The maximum absolute atomic E-state index is 11.9. The Kier molecular flexibility index (Phi) is 5.76. The Morgan fingerprint density at radius 1 is 1.19 bits per heavy atom. The molecule has 0 aliphatic carbocycles. The van der Waals surface area contributed by atoms with Gasteiger partial charge in [0.15, 0.2) is 0 Å². The number of ether oxygens (including phenoxy) is 1. The normalized spacial score (nSPS) is 10.1. The second-order valence-corrected chi connectivity index (χ2v) is 4.66. The molecule has 0 saturated carbocycles. The molecule has 0 fully saturated rings. The Labute approximate surface area is 125 Å². The van der Waals surface area contributed by atoms with Crippen molar-refractivity contribution in [2.75, 3.05) is 6.61 Å². The fraction of sp³-hybridized carbons (Fsp3) is 0.294. The van der Waals surface area contributed by atoms with Gasteiger partial charge in [-0.1, -0.05) is 36.4 Å². The van der Waals surface area contributed by atoms with E-state index in [1.165, 1.54) is 5.56 Å². The van der Waals surface area contributed by atoms with Gasteiger partial charge in [-0.2, -0.15) is 0 Å². The third-order valence-electron chi connectivity index (χ3n) is 3.09. The summed E-state index contributed by atoms with van der Waals surface area (Å²) in [6.45, 7) is 2.92. The molecule has 1 aromatic carbocycles. The number of pyridine rings is 1. The topological polar surface area (TPSA) is 51.2 Å². The van der Waals surface area contributed by atoms with E-state index in [2.05, 4.69) is 10.3 Å². The number of hydrogen-bond donors (Lipinski definition) is 1. The zero-order chi connectivity index (χ0) is 14.9. The van der Waals surface area contributed by atoms with Gasteiger partial charge in [0.1, 0.15) is 0 Å². The molecule has 0 unspecified atom stereocenters. The van der Waals surface area contributed by atoms with Crippen molar-refractivity contribution in [3.63, 3.8) is 0 Å². The smallest absolute Gasteiger partial charge is 0.220 e. The predicted molar refractivity (Wildman–Crippen MR) is 82.0 cm³/mol. The molecule has 2 aromatic rings. The number of aromatic nitrogens is 1. The van der Waals surface area contributed by atoms with Gasteiger partial charge in [0, 0.05) is 24.7 Å². The first-order chi connectivity index (χ1) is 10.3. The summed E-state index contributed by atoms with van der Waals surface area (Å²) in [7, 11) is 0. The predicted octanol–water partition coefficient (Wildman–Crippen LogP) is 2.73. The van der Waals surface area contributed by atoms with Gasteiger partial charge < -0.3 is 10.1 Å². The van der Waals surface area contributed by atoms with Crippen LogP contribution in [0, 0.1) is 0 Å². The van der Waals surface area contributed by atoms with Crippen LogP contribution in [0.3, 0.4) is 0 Å². The average molecular weight is 284 g/mol. The van der Waals surface area contributed by atoms with Crippen molar-refractivity contribution in [3.05, 3.63) is 59.8 Å². The van der Waals surface area contributed by atoms with Crippen molar-refractivity contribution in [2.45, 2.75) is 26.3 Å². The molecule has 1 heterocycles. The van der Waals surface area contributed by atoms with E-state index in [4.69, 9.17) is 4.74 Å². The second kappa shape index (κ2) is 8.04. The second-order valence-electron chi connectivity index (χ2n) is 4.66. The van der Waals surface area contributed by atoms with Crippen LogP contribution >= 0.6 is 0 Å². The lowest BCUT2D eigenvalue weighted by Crippen LogP contribution is -2.23. The Hall–Kier alpha value is -2.36. The fourth-order valence-corrected chi connectivity index (χ4v) is 2.01. The van der Waals surface area contributed by atoms with Gasteiger partial charge in [-0.15, -0.1) is 0 Å². The van der Waals surface area contributed by atoms with Crippen molar-refractivity contribution in [1.29, 1.82) is 0 Å². The van der Waals surface area contributed by atoms with Gasteiger partial charge in [-0.05, 0) is 25.0 Å². The molecule has 0 atom stereocenters. The summed E-state index contributed by atoms with van der Waals surface area (Å²) >= 11 is 0. The molecular weight excluding hydrogens is 264 g/mol. The summed E-state index contributed by atoms with van der Waals surface area (Å²) in [5.41, 5.74) is 2.07. The van der Waals surface area contributed by atoms with Gasteiger partial charge in [0.05, 0.1) is 6.61 Å². The molecule has 1 aromatic heterocycles. The van der Waals surface area contributed by atoms with Crippen LogP contribution in [0.15, 0.2) is 48.7 Å². The number of rotatable bonds is 7. The summed E-state index contributed by atoms with van der Waals surface area (Å²) in [6, 6.07) is 13.8. The number of benzene rings is 1. The van der Waals surface area contributed by atoms with E-state index >= 15 is 0 Å². The van der Waals surface area contributed by atoms with Gasteiger partial charge in [-0.3, -0.25) is 4.79 Å². The Morgan fingerprint density at radius 2 is 2.00 bits per heavy atom. The molecule has 4 heteroatoms. The molecule has 4 nitrogen and oxygen atoms in total. The minimum Gasteiger partial charge on any atom is -0.478 e. The van der Waals surface area contributed by atoms with E-state index < -0.39 is 0 Å².